The van der Waals surface area contributed by atoms with E-state index in [0.717, 1.165) is 39.0 Å². The molecule has 5 nitrogen and oxygen atoms in total. The molecule has 0 bridgehead atoms. The Morgan fingerprint density at radius 1 is 1.47 bits per heavy atom. The Bertz CT molecular complexity index is 260. The molecule has 1 heterocycles. The number of esters is 1. The third kappa shape index (κ3) is 6.89. The molecule has 1 N–H and O–H groups in total. The summed E-state index contributed by atoms with van der Waals surface area (Å²) in [5.41, 5.74) is 0. The summed E-state index contributed by atoms with van der Waals surface area (Å²) in [6.45, 7) is 7.36. The molecule has 0 saturated carbocycles. The maximum atomic E-state index is 11.3. The fourth-order valence-electron chi connectivity index (χ4n) is 2.37. The van der Waals surface area contributed by atoms with Crippen molar-refractivity contribution in [3.8, 4) is 0 Å². The predicted molar refractivity (Wildman–Crippen MR) is 73.0 cm³/mol. The lowest BCUT2D eigenvalue weighted by atomic mass is 10.1. The Labute approximate surface area is 115 Å². The van der Waals surface area contributed by atoms with Gasteiger partial charge in [0.2, 0.25) is 0 Å². The van der Waals surface area contributed by atoms with Gasteiger partial charge in [-0.3, -0.25) is 9.69 Å². The van der Waals surface area contributed by atoms with Gasteiger partial charge in [-0.15, -0.1) is 0 Å². The van der Waals surface area contributed by atoms with Crippen molar-refractivity contribution < 1.29 is 19.4 Å². The fourth-order valence-corrected chi connectivity index (χ4v) is 2.37. The molecular formula is C14H27NO4. The minimum atomic E-state index is -0.649. The average Bonchev–Trinajstić information content (AvgIpc) is 2.36. The van der Waals surface area contributed by atoms with Crippen molar-refractivity contribution in [3.63, 3.8) is 0 Å². The van der Waals surface area contributed by atoms with E-state index in [1.54, 1.807) is 6.92 Å². The minimum Gasteiger partial charge on any atom is -0.466 e. The third-order valence-corrected chi connectivity index (χ3v) is 3.20. The molecule has 2 atom stereocenters. The van der Waals surface area contributed by atoms with Gasteiger partial charge in [-0.2, -0.15) is 0 Å². The molecule has 1 aliphatic rings. The van der Waals surface area contributed by atoms with E-state index in [9.17, 15) is 9.90 Å². The molecule has 0 aromatic heterocycles. The van der Waals surface area contributed by atoms with Crippen LogP contribution >= 0.6 is 0 Å². The molecule has 0 amide bonds. The number of rotatable bonds is 8. The second-order valence-corrected chi connectivity index (χ2v) is 5.06. The highest BCUT2D eigenvalue weighted by Crippen LogP contribution is 2.14. The van der Waals surface area contributed by atoms with Crippen LogP contribution in [0.15, 0.2) is 0 Å². The van der Waals surface area contributed by atoms with E-state index in [4.69, 9.17) is 9.47 Å². The molecule has 5 heteroatoms. The van der Waals surface area contributed by atoms with E-state index in [-0.39, 0.29) is 18.5 Å². The molecule has 1 aliphatic heterocycles. The molecule has 112 valence electrons. The van der Waals surface area contributed by atoms with Gasteiger partial charge in [0.15, 0.2) is 0 Å². The molecule has 0 radical (unpaired) electrons. The summed E-state index contributed by atoms with van der Waals surface area (Å²) >= 11 is 0. The normalized spacial score (nSPS) is 22.2. The third-order valence-electron chi connectivity index (χ3n) is 3.20. The van der Waals surface area contributed by atoms with Crippen LogP contribution < -0.4 is 0 Å². The van der Waals surface area contributed by atoms with Gasteiger partial charge in [-0.05, 0) is 32.7 Å². The number of β-amino-alcohol motifs (C(OH)–C–C–N with tert-alkyl or cyclic N) is 1. The van der Waals surface area contributed by atoms with Gasteiger partial charge in [0.25, 0.3) is 0 Å². The number of ether oxygens (including phenoxy) is 2. The van der Waals surface area contributed by atoms with Crippen LogP contribution in [0.4, 0.5) is 0 Å². The van der Waals surface area contributed by atoms with Crippen LogP contribution in [0, 0.1) is 0 Å². The predicted octanol–water partition coefficient (Wildman–Crippen LogP) is 1.19. The van der Waals surface area contributed by atoms with Crippen molar-refractivity contribution in [1.82, 2.24) is 4.90 Å². The van der Waals surface area contributed by atoms with Crippen LogP contribution in [0.1, 0.15) is 39.5 Å². The number of carbonyl (C=O) groups is 1. The molecule has 0 spiro atoms. The van der Waals surface area contributed by atoms with Crippen molar-refractivity contribution in [2.24, 2.45) is 0 Å². The first-order chi connectivity index (χ1) is 9.15. The molecule has 1 saturated heterocycles. The van der Waals surface area contributed by atoms with Gasteiger partial charge in [0, 0.05) is 19.7 Å². The summed E-state index contributed by atoms with van der Waals surface area (Å²) in [6, 6.07) is 0. The summed E-state index contributed by atoms with van der Waals surface area (Å²) < 4.78 is 10.6. The largest absolute Gasteiger partial charge is 0.466 e. The zero-order valence-corrected chi connectivity index (χ0v) is 12.1. The number of carbonyl (C=O) groups excluding carboxylic acids is 1. The number of aliphatic hydroxyl groups excluding tert-OH is 1. The zero-order valence-electron chi connectivity index (χ0n) is 12.1. The van der Waals surface area contributed by atoms with Gasteiger partial charge in [0.1, 0.15) is 0 Å². The van der Waals surface area contributed by atoms with Crippen LogP contribution in [-0.4, -0.2) is 61.0 Å². The van der Waals surface area contributed by atoms with E-state index >= 15 is 0 Å². The van der Waals surface area contributed by atoms with Gasteiger partial charge < -0.3 is 14.6 Å². The van der Waals surface area contributed by atoms with Crippen LogP contribution in [0.3, 0.4) is 0 Å². The van der Waals surface area contributed by atoms with E-state index in [1.807, 2.05) is 0 Å². The number of piperidine rings is 1. The molecule has 0 aromatic rings. The monoisotopic (exact) mass is 273 g/mol. The molecule has 1 rings (SSSR count). The second kappa shape index (κ2) is 9.28. The Balaban J connectivity index is 2.25. The van der Waals surface area contributed by atoms with E-state index in [1.165, 1.54) is 0 Å². The molecule has 2 unspecified atom stereocenters. The first kappa shape index (κ1) is 16.4. The van der Waals surface area contributed by atoms with E-state index in [2.05, 4.69) is 11.8 Å². The summed E-state index contributed by atoms with van der Waals surface area (Å²) in [4.78, 5) is 13.4. The topological polar surface area (TPSA) is 59.0 Å². The first-order valence-electron chi connectivity index (χ1n) is 7.33. The maximum absolute atomic E-state index is 11.3. The SMILES string of the molecule is CCCOC1CCCN(CC(O)CC(=O)OCC)C1. The van der Waals surface area contributed by atoms with Gasteiger partial charge in [-0.1, -0.05) is 6.92 Å². The van der Waals surface area contributed by atoms with Gasteiger partial charge in [-0.25, -0.2) is 0 Å². The summed E-state index contributed by atoms with van der Waals surface area (Å²) in [7, 11) is 0. The van der Waals surface area contributed by atoms with E-state index < -0.39 is 6.10 Å². The Morgan fingerprint density at radius 3 is 2.95 bits per heavy atom. The molecule has 0 aromatic carbocycles. The van der Waals surface area contributed by atoms with Crippen LogP contribution in [0.25, 0.3) is 0 Å². The van der Waals surface area contributed by atoms with Crippen LogP contribution in [-0.2, 0) is 14.3 Å². The Morgan fingerprint density at radius 2 is 2.26 bits per heavy atom. The van der Waals surface area contributed by atoms with Gasteiger partial charge >= 0.3 is 5.97 Å². The molecular weight excluding hydrogens is 246 g/mol. The molecule has 1 fully saturated rings. The number of hydrogen-bond donors (Lipinski definition) is 1. The lowest BCUT2D eigenvalue weighted by molar-refractivity contribution is -0.145. The average molecular weight is 273 g/mol. The number of likely N-dealkylation sites (tertiary alicyclic amines) is 1. The second-order valence-electron chi connectivity index (χ2n) is 5.06. The quantitative estimate of drug-likeness (QED) is 0.673. The molecule has 0 aliphatic carbocycles. The van der Waals surface area contributed by atoms with Crippen molar-refractivity contribution in [1.29, 1.82) is 0 Å². The van der Waals surface area contributed by atoms with E-state index in [0.29, 0.717) is 13.2 Å². The number of hydrogen-bond acceptors (Lipinski definition) is 5. The Hall–Kier alpha value is -0.650. The minimum absolute atomic E-state index is 0.0742. The smallest absolute Gasteiger partial charge is 0.308 e. The lowest BCUT2D eigenvalue weighted by Gasteiger charge is -2.33. The highest BCUT2D eigenvalue weighted by Gasteiger charge is 2.23. The zero-order chi connectivity index (χ0) is 14.1. The van der Waals surface area contributed by atoms with Crippen LogP contribution in [0.5, 0.6) is 0 Å². The van der Waals surface area contributed by atoms with Crippen molar-refractivity contribution in [2.45, 2.75) is 51.7 Å². The highest BCUT2D eigenvalue weighted by molar-refractivity contribution is 5.69. The maximum Gasteiger partial charge on any atom is 0.308 e. The van der Waals surface area contributed by atoms with Gasteiger partial charge in [0.05, 0.1) is 25.2 Å². The van der Waals surface area contributed by atoms with Crippen molar-refractivity contribution in [2.75, 3.05) is 32.8 Å². The van der Waals surface area contributed by atoms with Crippen molar-refractivity contribution >= 4 is 5.97 Å². The highest BCUT2D eigenvalue weighted by atomic mass is 16.5. The fraction of sp³-hybridized carbons (Fsp3) is 0.929. The summed E-state index contributed by atoms with van der Waals surface area (Å²) in [5, 5.41) is 9.88. The standard InChI is InChI=1S/C14H27NO4/c1-3-8-19-13-6-5-7-15(11-13)10-12(16)9-14(17)18-4-2/h12-13,16H,3-11H2,1-2H3. The Kier molecular flexibility index (Phi) is 8.02. The van der Waals surface area contributed by atoms with Crippen LogP contribution in [0.2, 0.25) is 0 Å². The summed E-state index contributed by atoms with van der Waals surface area (Å²) in [6.07, 6.45) is 2.89. The molecule has 19 heavy (non-hydrogen) atoms. The number of aliphatic hydroxyl groups is 1. The lowest BCUT2D eigenvalue weighted by Crippen LogP contribution is -2.43. The van der Waals surface area contributed by atoms with Crippen molar-refractivity contribution in [3.05, 3.63) is 0 Å². The first-order valence-corrected chi connectivity index (χ1v) is 7.33. The number of nitrogens with zero attached hydrogens (tertiary/aromatic N) is 1. The summed E-state index contributed by atoms with van der Waals surface area (Å²) in [5.74, 6) is -0.328.